The molecule has 19 heavy (non-hydrogen) atoms. The van der Waals surface area contributed by atoms with E-state index in [2.05, 4.69) is 15.3 Å². The normalized spacial score (nSPS) is 10.6. The fraction of sp³-hybridized carbons (Fsp3) is 0.308. The molecular weight excluding hydrogens is 246 g/mol. The molecule has 0 saturated carbocycles. The quantitative estimate of drug-likeness (QED) is 0.851. The monoisotopic (exact) mass is 261 g/mol. The standard InChI is InChI=1S/C13H15N3O3/c1-8-4-16-10(6-15-8)5-14-7-11-3-12(13(17)18)9(2)19-11/h3-4,6,14H,5,7H2,1-2H3,(H,17,18). The molecule has 2 heterocycles. The van der Waals surface area contributed by atoms with Crippen LogP contribution >= 0.6 is 0 Å². The number of aryl methyl sites for hydroxylation is 2. The van der Waals surface area contributed by atoms with Gasteiger partial charge >= 0.3 is 5.97 Å². The maximum absolute atomic E-state index is 10.9. The van der Waals surface area contributed by atoms with E-state index in [1.807, 2.05) is 6.92 Å². The molecule has 0 unspecified atom stereocenters. The molecule has 0 spiro atoms. The fourth-order valence-electron chi connectivity index (χ4n) is 1.67. The van der Waals surface area contributed by atoms with Crippen molar-refractivity contribution in [1.82, 2.24) is 15.3 Å². The smallest absolute Gasteiger partial charge is 0.339 e. The summed E-state index contributed by atoms with van der Waals surface area (Å²) in [5.74, 6) is 0.0336. The molecule has 2 rings (SSSR count). The highest BCUT2D eigenvalue weighted by Gasteiger charge is 2.13. The van der Waals surface area contributed by atoms with Crippen molar-refractivity contribution in [2.45, 2.75) is 26.9 Å². The number of hydrogen-bond donors (Lipinski definition) is 2. The topological polar surface area (TPSA) is 88.2 Å². The predicted octanol–water partition coefficient (Wildman–Crippen LogP) is 1.67. The first-order valence-electron chi connectivity index (χ1n) is 5.87. The average molecular weight is 261 g/mol. The van der Waals surface area contributed by atoms with E-state index in [9.17, 15) is 4.79 Å². The Labute approximate surface area is 110 Å². The van der Waals surface area contributed by atoms with Crippen molar-refractivity contribution in [1.29, 1.82) is 0 Å². The Kier molecular flexibility index (Phi) is 3.91. The van der Waals surface area contributed by atoms with Crippen LogP contribution in [0.25, 0.3) is 0 Å². The molecule has 0 bridgehead atoms. The molecule has 100 valence electrons. The second kappa shape index (κ2) is 5.62. The van der Waals surface area contributed by atoms with Gasteiger partial charge in [0.15, 0.2) is 0 Å². The van der Waals surface area contributed by atoms with Crippen LogP contribution in [0, 0.1) is 13.8 Å². The van der Waals surface area contributed by atoms with Crippen LogP contribution in [0.15, 0.2) is 22.9 Å². The van der Waals surface area contributed by atoms with Crippen molar-refractivity contribution >= 4 is 5.97 Å². The summed E-state index contributed by atoms with van der Waals surface area (Å²) in [6.45, 7) is 4.51. The molecule has 6 heteroatoms. The van der Waals surface area contributed by atoms with Crippen LogP contribution in [0.5, 0.6) is 0 Å². The summed E-state index contributed by atoms with van der Waals surface area (Å²) < 4.78 is 5.35. The molecule has 0 aliphatic rings. The lowest BCUT2D eigenvalue weighted by Crippen LogP contribution is -2.13. The molecule has 0 aliphatic heterocycles. The molecule has 6 nitrogen and oxygen atoms in total. The van der Waals surface area contributed by atoms with E-state index in [-0.39, 0.29) is 5.56 Å². The second-order valence-electron chi connectivity index (χ2n) is 4.24. The van der Waals surface area contributed by atoms with Crippen LogP contribution in [0.3, 0.4) is 0 Å². The van der Waals surface area contributed by atoms with Gasteiger partial charge in [-0.25, -0.2) is 4.79 Å². The van der Waals surface area contributed by atoms with Crippen LogP contribution in [0.2, 0.25) is 0 Å². The third-order valence-electron chi connectivity index (χ3n) is 2.64. The van der Waals surface area contributed by atoms with Crippen LogP contribution in [0.4, 0.5) is 0 Å². The average Bonchev–Trinajstić information content (AvgIpc) is 2.73. The number of furan rings is 1. The largest absolute Gasteiger partial charge is 0.478 e. The SMILES string of the molecule is Cc1cnc(CNCc2cc(C(=O)O)c(C)o2)cn1. The van der Waals surface area contributed by atoms with Gasteiger partial charge in [0.25, 0.3) is 0 Å². The maximum Gasteiger partial charge on any atom is 0.339 e. The van der Waals surface area contributed by atoms with Gasteiger partial charge < -0.3 is 14.8 Å². The minimum Gasteiger partial charge on any atom is -0.478 e. The van der Waals surface area contributed by atoms with E-state index in [1.165, 1.54) is 6.07 Å². The third-order valence-corrected chi connectivity index (χ3v) is 2.64. The first kappa shape index (κ1) is 13.2. The van der Waals surface area contributed by atoms with E-state index in [4.69, 9.17) is 9.52 Å². The highest BCUT2D eigenvalue weighted by Crippen LogP contribution is 2.14. The van der Waals surface area contributed by atoms with Gasteiger partial charge in [0.2, 0.25) is 0 Å². The minimum atomic E-state index is -0.975. The number of carboxylic acid groups (broad SMARTS) is 1. The van der Waals surface area contributed by atoms with E-state index in [1.54, 1.807) is 19.3 Å². The van der Waals surface area contributed by atoms with Crippen LogP contribution in [-0.4, -0.2) is 21.0 Å². The van der Waals surface area contributed by atoms with Crippen molar-refractivity contribution in [2.24, 2.45) is 0 Å². The number of aromatic nitrogens is 2. The number of aromatic carboxylic acids is 1. The zero-order valence-corrected chi connectivity index (χ0v) is 10.8. The lowest BCUT2D eigenvalue weighted by Gasteiger charge is -2.02. The van der Waals surface area contributed by atoms with Gasteiger partial charge in [-0.15, -0.1) is 0 Å². The lowest BCUT2D eigenvalue weighted by atomic mass is 10.2. The second-order valence-corrected chi connectivity index (χ2v) is 4.24. The molecule has 2 aromatic heterocycles. The Balaban J connectivity index is 1.90. The Morgan fingerprint density at radius 3 is 2.68 bits per heavy atom. The Morgan fingerprint density at radius 2 is 2.11 bits per heavy atom. The Hall–Kier alpha value is -2.21. The van der Waals surface area contributed by atoms with E-state index in [0.717, 1.165) is 11.4 Å². The van der Waals surface area contributed by atoms with Gasteiger partial charge in [-0.3, -0.25) is 9.97 Å². The highest BCUT2D eigenvalue weighted by atomic mass is 16.4. The lowest BCUT2D eigenvalue weighted by molar-refractivity contribution is 0.0695. The highest BCUT2D eigenvalue weighted by molar-refractivity contribution is 5.88. The van der Waals surface area contributed by atoms with Gasteiger partial charge in [0.1, 0.15) is 17.1 Å². The van der Waals surface area contributed by atoms with Gasteiger partial charge in [-0.05, 0) is 19.9 Å². The predicted molar refractivity (Wildman–Crippen MR) is 67.7 cm³/mol. The molecule has 0 fully saturated rings. The number of nitrogens with zero attached hydrogens (tertiary/aromatic N) is 2. The maximum atomic E-state index is 10.9. The Bertz CT molecular complexity index is 575. The zero-order valence-electron chi connectivity index (χ0n) is 10.8. The summed E-state index contributed by atoms with van der Waals surface area (Å²) in [5.41, 5.74) is 1.90. The first-order chi connectivity index (χ1) is 9.06. The zero-order chi connectivity index (χ0) is 13.8. The van der Waals surface area contributed by atoms with Gasteiger partial charge in [-0.2, -0.15) is 0 Å². The van der Waals surface area contributed by atoms with Crippen LogP contribution in [0.1, 0.15) is 33.3 Å². The molecule has 0 radical (unpaired) electrons. The first-order valence-corrected chi connectivity index (χ1v) is 5.87. The summed E-state index contributed by atoms with van der Waals surface area (Å²) >= 11 is 0. The van der Waals surface area contributed by atoms with Crippen LogP contribution < -0.4 is 5.32 Å². The minimum absolute atomic E-state index is 0.201. The molecule has 0 aliphatic carbocycles. The number of nitrogens with one attached hydrogen (secondary N) is 1. The molecule has 0 atom stereocenters. The Morgan fingerprint density at radius 1 is 1.32 bits per heavy atom. The fourth-order valence-corrected chi connectivity index (χ4v) is 1.67. The number of rotatable bonds is 5. The van der Waals surface area contributed by atoms with Crippen molar-refractivity contribution in [3.63, 3.8) is 0 Å². The molecule has 2 N–H and O–H groups in total. The van der Waals surface area contributed by atoms with E-state index >= 15 is 0 Å². The molecule has 0 saturated heterocycles. The van der Waals surface area contributed by atoms with Gasteiger partial charge in [-0.1, -0.05) is 0 Å². The van der Waals surface area contributed by atoms with Crippen molar-refractivity contribution < 1.29 is 14.3 Å². The van der Waals surface area contributed by atoms with Gasteiger partial charge in [0, 0.05) is 18.9 Å². The summed E-state index contributed by atoms with van der Waals surface area (Å²) in [6, 6.07) is 1.53. The van der Waals surface area contributed by atoms with Crippen molar-refractivity contribution in [2.75, 3.05) is 0 Å². The summed E-state index contributed by atoms with van der Waals surface area (Å²) in [5, 5.41) is 12.0. The summed E-state index contributed by atoms with van der Waals surface area (Å²) in [6.07, 6.45) is 3.41. The van der Waals surface area contributed by atoms with Crippen LogP contribution in [-0.2, 0) is 13.1 Å². The van der Waals surface area contributed by atoms with E-state index < -0.39 is 5.97 Å². The van der Waals surface area contributed by atoms with Crippen molar-refractivity contribution in [3.05, 3.63) is 46.9 Å². The molecule has 2 aromatic rings. The summed E-state index contributed by atoms with van der Waals surface area (Å²) in [4.78, 5) is 19.2. The molecular formula is C13H15N3O3. The number of carboxylic acids is 1. The summed E-state index contributed by atoms with van der Waals surface area (Å²) in [7, 11) is 0. The number of hydrogen-bond acceptors (Lipinski definition) is 5. The molecule has 0 aromatic carbocycles. The number of carbonyl (C=O) groups is 1. The van der Waals surface area contributed by atoms with Gasteiger partial charge in [0.05, 0.1) is 17.9 Å². The van der Waals surface area contributed by atoms with Crippen molar-refractivity contribution in [3.8, 4) is 0 Å². The third kappa shape index (κ3) is 3.38. The van der Waals surface area contributed by atoms with E-state index in [0.29, 0.717) is 24.6 Å². The molecule has 0 amide bonds.